The molecule has 0 saturated heterocycles. The number of carbonyl (C=O) groups excluding carboxylic acids is 1. The Labute approximate surface area is 74.0 Å². The number of hydrogen-bond acceptors (Lipinski definition) is 2. The molecule has 0 spiro atoms. The lowest BCUT2D eigenvalue weighted by molar-refractivity contribution is 0.129. The number of amides is 1. The molecule has 0 unspecified atom stereocenters. The number of nitrogens with zero attached hydrogens (tertiary/aromatic N) is 1. The van der Waals surface area contributed by atoms with Crippen LogP contribution in [0.1, 0.15) is 19.8 Å². The molecule has 12 heavy (non-hydrogen) atoms. The van der Waals surface area contributed by atoms with Gasteiger partial charge in [0.2, 0.25) is 0 Å². The predicted octanol–water partition coefficient (Wildman–Crippen LogP) is 2.04. The third kappa shape index (κ3) is 5.77. The van der Waals surface area contributed by atoms with Crippen molar-refractivity contribution in [3.8, 4) is 0 Å². The molecule has 0 atom stereocenters. The van der Waals surface area contributed by atoms with Crippen molar-refractivity contribution in [3.63, 3.8) is 0 Å². The van der Waals surface area contributed by atoms with E-state index in [4.69, 9.17) is 4.74 Å². The Bertz CT molecular complexity index is 153. The maximum Gasteiger partial charge on any atom is 0.409 e. The van der Waals surface area contributed by atoms with Crippen LogP contribution < -0.4 is 0 Å². The number of allylic oxidation sites excluding steroid dienone is 1. The first-order valence-corrected chi connectivity index (χ1v) is 4.17. The number of carbonyl (C=O) groups is 1. The summed E-state index contributed by atoms with van der Waals surface area (Å²) >= 11 is 0. The summed E-state index contributed by atoms with van der Waals surface area (Å²) in [6.07, 6.45) is 5.75. The Hall–Kier alpha value is -0.990. The van der Waals surface area contributed by atoms with Crippen LogP contribution in [0, 0.1) is 0 Å². The second kappa shape index (κ2) is 6.70. The van der Waals surface area contributed by atoms with Crippen LogP contribution in [-0.4, -0.2) is 31.7 Å². The van der Waals surface area contributed by atoms with E-state index < -0.39 is 0 Å². The first-order valence-electron chi connectivity index (χ1n) is 4.17. The van der Waals surface area contributed by atoms with E-state index in [9.17, 15) is 4.79 Å². The number of hydrogen-bond donors (Lipinski definition) is 0. The van der Waals surface area contributed by atoms with E-state index in [1.54, 1.807) is 14.1 Å². The van der Waals surface area contributed by atoms with Crippen molar-refractivity contribution in [1.29, 1.82) is 0 Å². The van der Waals surface area contributed by atoms with Crippen LogP contribution >= 0.6 is 0 Å². The molecule has 3 nitrogen and oxygen atoms in total. The van der Waals surface area contributed by atoms with Gasteiger partial charge >= 0.3 is 6.09 Å². The van der Waals surface area contributed by atoms with E-state index in [0.717, 1.165) is 12.8 Å². The highest BCUT2D eigenvalue weighted by Crippen LogP contribution is 1.90. The molecule has 0 aliphatic rings. The van der Waals surface area contributed by atoms with Gasteiger partial charge in [-0.25, -0.2) is 4.79 Å². The van der Waals surface area contributed by atoms with Gasteiger partial charge in [-0.15, -0.1) is 0 Å². The number of rotatable bonds is 4. The van der Waals surface area contributed by atoms with Crippen LogP contribution in [0.15, 0.2) is 12.2 Å². The highest BCUT2D eigenvalue weighted by Gasteiger charge is 2.00. The van der Waals surface area contributed by atoms with Gasteiger partial charge in [-0.3, -0.25) is 0 Å². The summed E-state index contributed by atoms with van der Waals surface area (Å²) in [5.41, 5.74) is 0. The first kappa shape index (κ1) is 11.0. The van der Waals surface area contributed by atoms with E-state index in [1.165, 1.54) is 4.90 Å². The summed E-state index contributed by atoms with van der Waals surface area (Å²) in [7, 11) is 3.33. The molecule has 0 bridgehead atoms. The zero-order valence-corrected chi connectivity index (χ0v) is 8.04. The summed E-state index contributed by atoms with van der Waals surface area (Å²) in [5.74, 6) is 0. The lowest BCUT2D eigenvalue weighted by Crippen LogP contribution is -2.22. The van der Waals surface area contributed by atoms with Crippen molar-refractivity contribution in [1.82, 2.24) is 4.90 Å². The van der Waals surface area contributed by atoms with Crippen LogP contribution in [0.5, 0.6) is 0 Å². The predicted molar refractivity (Wildman–Crippen MR) is 49.1 cm³/mol. The van der Waals surface area contributed by atoms with Crippen LogP contribution in [0.3, 0.4) is 0 Å². The van der Waals surface area contributed by atoms with Crippen LogP contribution in [-0.2, 0) is 4.74 Å². The molecule has 70 valence electrons. The summed E-state index contributed by atoms with van der Waals surface area (Å²) in [6, 6.07) is 0. The van der Waals surface area contributed by atoms with Gasteiger partial charge in [-0.05, 0) is 6.42 Å². The third-order valence-corrected chi connectivity index (χ3v) is 1.29. The second-order valence-corrected chi connectivity index (χ2v) is 2.73. The molecule has 0 aromatic carbocycles. The van der Waals surface area contributed by atoms with Gasteiger partial charge in [0.05, 0.1) is 0 Å². The van der Waals surface area contributed by atoms with Gasteiger partial charge < -0.3 is 9.64 Å². The molecule has 0 aliphatic carbocycles. The maximum atomic E-state index is 10.8. The fourth-order valence-corrected chi connectivity index (χ4v) is 0.601. The topological polar surface area (TPSA) is 29.5 Å². The first-order chi connectivity index (χ1) is 5.68. The van der Waals surface area contributed by atoms with Gasteiger partial charge in [0.25, 0.3) is 0 Å². The molecule has 0 radical (unpaired) electrons. The van der Waals surface area contributed by atoms with Crippen molar-refractivity contribution >= 4 is 6.09 Å². The summed E-state index contributed by atoms with van der Waals surface area (Å²) in [6.45, 7) is 2.48. The molecule has 0 N–H and O–H groups in total. The number of ether oxygens (including phenoxy) is 1. The average Bonchev–Trinajstić information content (AvgIpc) is 2.03. The summed E-state index contributed by atoms with van der Waals surface area (Å²) in [4.78, 5) is 12.3. The van der Waals surface area contributed by atoms with Crippen LogP contribution in [0.25, 0.3) is 0 Å². The molecule has 0 aromatic heterocycles. The summed E-state index contributed by atoms with van der Waals surface area (Å²) in [5, 5.41) is 0. The Morgan fingerprint density at radius 1 is 1.42 bits per heavy atom. The highest BCUT2D eigenvalue weighted by atomic mass is 16.5. The second-order valence-electron chi connectivity index (χ2n) is 2.73. The van der Waals surface area contributed by atoms with E-state index >= 15 is 0 Å². The molecule has 0 saturated carbocycles. The van der Waals surface area contributed by atoms with Crippen molar-refractivity contribution < 1.29 is 9.53 Å². The SMILES string of the molecule is CCC/C=C/COC(=O)N(C)C. The average molecular weight is 171 g/mol. The molecular weight excluding hydrogens is 154 g/mol. The van der Waals surface area contributed by atoms with Crippen LogP contribution in [0.4, 0.5) is 4.79 Å². The van der Waals surface area contributed by atoms with Crippen molar-refractivity contribution in [3.05, 3.63) is 12.2 Å². The molecule has 0 fully saturated rings. The van der Waals surface area contributed by atoms with Gasteiger partial charge in [-0.2, -0.15) is 0 Å². The van der Waals surface area contributed by atoms with Crippen molar-refractivity contribution in [2.45, 2.75) is 19.8 Å². The highest BCUT2D eigenvalue weighted by molar-refractivity contribution is 5.66. The van der Waals surface area contributed by atoms with Crippen LogP contribution in [0.2, 0.25) is 0 Å². The van der Waals surface area contributed by atoms with E-state index in [0.29, 0.717) is 6.61 Å². The molecule has 3 heteroatoms. The molecule has 0 rings (SSSR count). The minimum atomic E-state index is -0.295. The van der Waals surface area contributed by atoms with Gasteiger partial charge in [0, 0.05) is 14.1 Å². The van der Waals surface area contributed by atoms with Crippen molar-refractivity contribution in [2.75, 3.05) is 20.7 Å². The molecule has 0 heterocycles. The Balaban J connectivity index is 3.37. The zero-order chi connectivity index (χ0) is 9.40. The standard InChI is InChI=1S/C9H17NO2/c1-4-5-6-7-8-12-9(11)10(2)3/h6-7H,4-5,8H2,1-3H3/b7-6+. The zero-order valence-electron chi connectivity index (χ0n) is 8.04. The molecule has 0 aromatic rings. The third-order valence-electron chi connectivity index (χ3n) is 1.29. The fourth-order valence-electron chi connectivity index (χ4n) is 0.601. The van der Waals surface area contributed by atoms with Gasteiger partial charge in [0.15, 0.2) is 0 Å². The smallest absolute Gasteiger partial charge is 0.409 e. The van der Waals surface area contributed by atoms with E-state index in [2.05, 4.69) is 6.92 Å². The quantitative estimate of drug-likeness (QED) is 0.606. The summed E-state index contributed by atoms with van der Waals surface area (Å²) < 4.78 is 4.85. The molecule has 0 aliphatic heterocycles. The van der Waals surface area contributed by atoms with Gasteiger partial charge in [0.1, 0.15) is 6.61 Å². The maximum absolute atomic E-state index is 10.8. The Morgan fingerprint density at radius 3 is 2.58 bits per heavy atom. The van der Waals surface area contributed by atoms with E-state index in [-0.39, 0.29) is 6.09 Å². The van der Waals surface area contributed by atoms with Gasteiger partial charge in [-0.1, -0.05) is 25.5 Å². The largest absolute Gasteiger partial charge is 0.445 e. The van der Waals surface area contributed by atoms with E-state index in [1.807, 2.05) is 12.2 Å². The molecule has 1 amide bonds. The van der Waals surface area contributed by atoms with Crippen molar-refractivity contribution in [2.24, 2.45) is 0 Å². The monoisotopic (exact) mass is 171 g/mol. The Kier molecular flexibility index (Phi) is 6.15. The molecular formula is C9H17NO2. The lowest BCUT2D eigenvalue weighted by Gasteiger charge is -2.08. The Morgan fingerprint density at radius 2 is 2.08 bits per heavy atom. The minimum Gasteiger partial charge on any atom is -0.445 e. The fraction of sp³-hybridized carbons (Fsp3) is 0.667. The number of unbranched alkanes of at least 4 members (excludes halogenated alkanes) is 1. The lowest BCUT2D eigenvalue weighted by atomic mass is 10.3. The minimum absolute atomic E-state index is 0.295. The normalized spacial score (nSPS) is 10.2.